The Bertz CT molecular complexity index is 764. The summed E-state index contributed by atoms with van der Waals surface area (Å²) in [5.74, 6) is 0.267. The minimum Gasteiger partial charge on any atom is -0.354 e. The first-order valence-electron chi connectivity index (χ1n) is 6.26. The van der Waals surface area contributed by atoms with Crippen molar-refractivity contribution in [3.63, 3.8) is 0 Å². The first-order chi connectivity index (χ1) is 10.0. The molecule has 1 aromatic carbocycles. The van der Waals surface area contributed by atoms with Crippen LogP contribution in [0, 0.1) is 11.3 Å². The summed E-state index contributed by atoms with van der Waals surface area (Å²) in [6.45, 7) is 1.56. The van der Waals surface area contributed by atoms with E-state index in [4.69, 9.17) is 5.26 Å². The molecule has 1 heterocycles. The molecule has 1 aromatic heterocycles. The molecular formula is C14H14N4O2S. The number of nitrogens with zero attached hydrogens (tertiary/aromatic N) is 2. The van der Waals surface area contributed by atoms with Crippen LogP contribution in [0.2, 0.25) is 0 Å². The van der Waals surface area contributed by atoms with E-state index in [9.17, 15) is 8.42 Å². The van der Waals surface area contributed by atoms with Crippen LogP contribution in [-0.4, -0.2) is 19.2 Å². The van der Waals surface area contributed by atoms with Gasteiger partial charge in [-0.2, -0.15) is 5.26 Å². The fourth-order valence-electron chi connectivity index (χ4n) is 1.59. The molecule has 0 saturated heterocycles. The Morgan fingerprint density at radius 3 is 2.67 bits per heavy atom. The van der Waals surface area contributed by atoms with Crippen LogP contribution in [0.4, 0.5) is 17.2 Å². The molecule has 0 atom stereocenters. The minimum absolute atomic E-state index is 0.00433. The van der Waals surface area contributed by atoms with Gasteiger partial charge < -0.3 is 5.32 Å². The van der Waals surface area contributed by atoms with Gasteiger partial charge in [0.1, 0.15) is 5.82 Å². The maximum Gasteiger partial charge on any atom is 0.233 e. The fraction of sp³-hybridized carbons (Fsp3) is 0.143. The number of sulfonamides is 1. The first-order valence-corrected chi connectivity index (χ1v) is 7.91. The second-order valence-corrected chi connectivity index (χ2v) is 6.27. The summed E-state index contributed by atoms with van der Waals surface area (Å²) in [6.07, 6.45) is 1.52. The van der Waals surface area contributed by atoms with Crippen LogP contribution < -0.4 is 10.0 Å². The molecule has 108 valence electrons. The summed E-state index contributed by atoms with van der Waals surface area (Å²) in [4.78, 5) is 4.03. The third-order valence-corrected chi connectivity index (χ3v) is 3.96. The van der Waals surface area contributed by atoms with E-state index in [1.807, 2.05) is 6.07 Å². The summed E-state index contributed by atoms with van der Waals surface area (Å²) < 4.78 is 25.2. The molecule has 0 saturated carbocycles. The van der Waals surface area contributed by atoms with Crippen LogP contribution in [0.15, 0.2) is 42.6 Å². The van der Waals surface area contributed by atoms with Crippen molar-refractivity contribution in [1.29, 1.82) is 5.26 Å². The van der Waals surface area contributed by atoms with Crippen LogP contribution in [0.1, 0.15) is 12.5 Å². The molecule has 2 rings (SSSR count). The third kappa shape index (κ3) is 4.19. The Balaban J connectivity index is 2.11. The van der Waals surface area contributed by atoms with Gasteiger partial charge in [-0.05, 0) is 37.3 Å². The molecule has 0 spiro atoms. The molecular weight excluding hydrogens is 288 g/mol. The van der Waals surface area contributed by atoms with E-state index in [-0.39, 0.29) is 11.6 Å². The SMILES string of the molecule is CCS(=O)(=O)Nc1ccc(Nc2cccc(C#N)c2)cn1. The Hall–Kier alpha value is -2.59. The van der Waals surface area contributed by atoms with Gasteiger partial charge in [0.25, 0.3) is 0 Å². The fourth-order valence-corrected chi connectivity index (χ4v) is 2.18. The molecule has 2 aromatic rings. The molecule has 0 aliphatic rings. The highest BCUT2D eigenvalue weighted by molar-refractivity contribution is 7.92. The van der Waals surface area contributed by atoms with Gasteiger partial charge in [-0.25, -0.2) is 13.4 Å². The lowest BCUT2D eigenvalue weighted by Gasteiger charge is -2.08. The molecule has 6 nitrogen and oxygen atoms in total. The third-order valence-electron chi connectivity index (χ3n) is 2.68. The van der Waals surface area contributed by atoms with Crippen molar-refractivity contribution in [3.05, 3.63) is 48.2 Å². The van der Waals surface area contributed by atoms with E-state index in [2.05, 4.69) is 21.1 Å². The predicted octanol–water partition coefficient (Wildman–Crippen LogP) is 2.46. The summed E-state index contributed by atoms with van der Waals surface area (Å²) >= 11 is 0. The second kappa shape index (κ2) is 6.24. The van der Waals surface area contributed by atoms with Gasteiger partial charge in [-0.3, -0.25) is 4.72 Å². The summed E-state index contributed by atoms with van der Waals surface area (Å²) in [5.41, 5.74) is 2.02. The lowest BCUT2D eigenvalue weighted by atomic mass is 10.2. The number of rotatable bonds is 5. The van der Waals surface area contributed by atoms with Crippen molar-refractivity contribution in [2.24, 2.45) is 0 Å². The van der Waals surface area contributed by atoms with Crippen LogP contribution in [0.3, 0.4) is 0 Å². The molecule has 0 aliphatic carbocycles. The van der Waals surface area contributed by atoms with E-state index in [1.165, 1.54) is 6.20 Å². The van der Waals surface area contributed by atoms with Crippen LogP contribution >= 0.6 is 0 Å². The molecule has 0 unspecified atom stereocenters. The summed E-state index contributed by atoms with van der Waals surface area (Å²) in [5, 5.41) is 11.9. The average molecular weight is 302 g/mol. The Morgan fingerprint density at radius 2 is 2.05 bits per heavy atom. The average Bonchev–Trinajstić information content (AvgIpc) is 2.49. The van der Waals surface area contributed by atoms with Gasteiger partial charge in [0.2, 0.25) is 10.0 Å². The molecule has 21 heavy (non-hydrogen) atoms. The van der Waals surface area contributed by atoms with E-state index in [0.29, 0.717) is 11.3 Å². The van der Waals surface area contributed by atoms with E-state index < -0.39 is 10.0 Å². The largest absolute Gasteiger partial charge is 0.354 e. The second-order valence-electron chi connectivity index (χ2n) is 4.26. The maximum absolute atomic E-state index is 11.4. The molecule has 0 radical (unpaired) electrons. The normalized spacial score (nSPS) is 10.7. The van der Waals surface area contributed by atoms with Crippen molar-refractivity contribution < 1.29 is 8.42 Å². The molecule has 2 N–H and O–H groups in total. The van der Waals surface area contributed by atoms with Crippen molar-refractivity contribution in [3.8, 4) is 6.07 Å². The van der Waals surface area contributed by atoms with Crippen molar-refractivity contribution in [2.45, 2.75) is 6.92 Å². The molecule has 0 aliphatic heterocycles. The van der Waals surface area contributed by atoms with Crippen molar-refractivity contribution in [2.75, 3.05) is 15.8 Å². The van der Waals surface area contributed by atoms with E-state index in [0.717, 1.165) is 5.69 Å². The number of pyridine rings is 1. The van der Waals surface area contributed by atoms with Gasteiger partial charge in [0.15, 0.2) is 0 Å². The topological polar surface area (TPSA) is 94.9 Å². The Labute approximate surface area is 123 Å². The smallest absolute Gasteiger partial charge is 0.233 e. The van der Waals surface area contributed by atoms with Crippen LogP contribution in [0.25, 0.3) is 0 Å². The van der Waals surface area contributed by atoms with Gasteiger partial charge in [-0.15, -0.1) is 0 Å². The number of aromatic nitrogens is 1. The molecule has 0 fully saturated rings. The highest BCUT2D eigenvalue weighted by Crippen LogP contribution is 2.18. The number of nitriles is 1. The Kier molecular flexibility index (Phi) is 4.40. The lowest BCUT2D eigenvalue weighted by Crippen LogP contribution is -2.15. The zero-order valence-electron chi connectivity index (χ0n) is 11.4. The van der Waals surface area contributed by atoms with Gasteiger partial charge in [0, 0.05) is 5.69 Å². The molecule has 0 bridgehead atoms. The number of anilines is 3. The highest BCUT2D eigenvalue weighted by Gasteiger charge is 2.07. The summed E-state index contributed by atoms with van der Waals surface area (Å²) in [6, 6.07) is 12.4. The van der Waals surface area contributed by atoms with Gasteiger partial charge >= 0.3 is 0 Å². The van der Waals surface area contributed by atoms with Crippen molar-refractivity contribution >= 4 is 27.2 Å². The number of benzene rings is 1. The standard InChI is InChI=1S/C14H14N4O2S/c1-2-21(19,20)18-14-7-6-13(10-16-14)17-12-5-3-4-11(8-12)9-15/h3-8,10,17H,2H2,1H3,(H,16,18). The maximum atomic E-state index is 11.4. The predicted molar refractivity (Wildman–Crippen MR) is 81.8 cm³/mol. The zero-order valence-corrected chi connectivity index (χ0v) is 12.2. The molecule has 7 heteroatoms. The number of nitrogens with one attached hydrogen (secondary N) is 2. The number of hydrogen-bond acceptors (Lipinski definition) is 5. The monoisotopic (exact) mass is 302 g/mol. The van der Waals surface area contributed by atoms with E-state index in [1.54, 1.807) is 37.3 Å². The van der Waals surface area contributed by atoms with Crippen LogP contribution in [0.5, 0.6) is 0 Å². The van der Waals surface area contributed by atoms with Crippen molar-refractivity contribution in [1.82, 2.24) is 4.98 Å². The quantitative estimate of drug-likeness (QED) is 0.884. The molecule has 0 amide bonds. The first kappa shape index (κ1) is 14.8. The minimum atomic E-state index is -3.32. The highest BCUT2D eigenvalue weighted by atomic mass is 32.2. The summed E-state index contributed by atoms with van der Waals surface area (Å²) in [7, 11) is -3.32. The zero-order chi connectivity index (χ0) is 15.3. The number of hydrogen-bond donors (Lipinski definition) is 2. The van der Waals surface area contributed by atoms with Gasteiger partial charge in [-0.1, -0.05) is 6.07 Å². The lowest BCUT2D eigenvalue weighted by molar-refractivity contribution is 0.602. The van der Waals surface area contributed by atoms with Gasteiger partial charge in [0.05, 0.1) is 29.3 Å². The Morgan fingerprint density at radius 1 is 1.24 bits per heavy atom. The van der Waals surface area contributed by atoms with E-state index >= 15 is 0 Å². The van der Waals surface area contributed by atoms with Crippen LogP contribution in [-0.2, 0) is 10.0 Å².